The SMILES string of the molecule is CCNC(=NCc1ccc(C(=O)N2CCCCC2)cc1)NCCC(=O)N(CC)CC.I. The second-order valence-electron chi connectivity index (χ2n) is 7.49. The minimum Gasteiger partial charge on any atom is -0.357 e. The number of guanidine groups is 1. The van der Waals surface area contributed by atoms with Crippen molar-refractivity contribution in [2.24, 2.45) is 4.99 Å². The molecule has 0 aliphatic carbocycles. The van der Waals surface area contributed by atoms with Crippen LogP contribution in [0.3, 0.4) is 0 Å². The van der Waals surface area contributed by atoms with Gasteiger partial charge in [-0.15, -0.1) is 24.0 Å². The van der Waals surface area contributed by atoms with E-state index in [1.54, 1.807) is 0 Å². The predicted octanol–water partition coefficient (Wildman–Crippen LogP) is 3.24. The van der Waals surface area contributed by atoms with Gasteiger partial charge in [0.05, 0.1) is 6.54 Å². The van der Waals surface area contributed by atoms with Crippen LogP contribution in [0.2, 0.25) is 0 Å². The molecule has 0 aromatic heterocycles. The molecule has 2 N–H and O–H groups in total. The fourth-order valence-electron chi connectivity index (χ4n) is 3.57. The average molecular weight is 543 g/mol. The molecule has 0 atom stereocenters. The van der Waals surface area contributed by atoms with Crippen LogP contribution in [0.5, 0.6) is 0 Å². The van der Waals surface area contributed by atoms with E-state index in [1.165, 1.54) is 6.42 Å². The van der Waals surface area contributed by atoms with Crippen molar-refractivity contribution in [1.29, 1.82) is 0 Å². The number of hydrogen-bond acceptors (Lipinski definition) is 3. The largest absolute Gasteiger partial charge is 0.357 e. The Bertz CT molecular complexity index is 698. The fraction of sp³-hybridized carbons (Fsp3) is 0.609. The highest BCUT2D eigenvalue weighted by molar-refractivity contribution is 14.0. The molecule has 1 aliphatic rings. The van der Waals surface area contributed by atoms with Crippen LogP contribution < -0.4 is 10.6 Å². The molecule has 31 heavy (non-hydrogen) atoms. The van der Waals surface area contributed by atoms with E-state index in [-0.39, 0.29) is 35.8 Å². The molecule has 1 aliphatic heterocycles. The molecule has 174 valence electrons. The number of aliphatic imine (C=N–C) groups is 1. The van der Waals surface area contributed by atoms with E-state index in [1.807, 2.05) is 54.8 Å². The van der Waals surface area contributed by atoms with Crippen molar-refractivity contribution in [2.75, 3.05) is 39.3 Å². The summed E-state index contributed by atoms with van der Waals surface area (Å²) in [5, 5.41) is 6.44. The van der Waals surface area contributed by atoms with E-state index in [4.69, 9.17) is 0 Å². The summed E-state index contributed by atoms with van der Waals surface area (Å²) < 4.78 is 0. The molecule has 1 saturated heterocycles. The molecule has 0 spiro atoms. The number of nitrogens with zero attached hydrogens (tertiary/aromatic N) is 3. The number of amides is 2. The van der Waals surface area contributed by atoms with Crippen LogP contribution in [0.15, 0.2) is 29.3 Å². The smallest absolute Gasteiger partial charge is 0.253 e. The molecule has 1 fully saturated rings. The summed E-state index contributed by atoms with van der Waals surface area (Å²) in [5.41, 5.74) is 1.78. The summed E-state index contributed by atoms with van der Waals surface area (Å²) in [4.78, 5) is 33.1. The zero-order valence-corrected chi connectivity index (χ0v) is 21.5. The molecule has 0 unspecified atom stereocenters. The van der Waals surface area contributed by atoms with Gasteiger partial charge < -0.3 is 20.4 Å². The van der Waals surface area contributed by atoms with Crippen molar-refractivity contribution in [3.8, 4) is 0 Å². The second kappa shape index (κ2) is 15.0. The van der Waals surface area contributed by atoms with Gasteiger partial charge in [0.2, 0.25) is 5.91 Å². The minimum atomic E-state index is 0. The number of piperidine rings is 1. The third-order valence-electron chi connectivity index (χ3n) is 5.36. The van der Waals surface area contributed by atoms with Crippen LogP contribution in [0.4, 0.5) is 0 Å². The number of likely N-dealkylation sites (tertiary alicyclic amines) is 1. The van der Waals surface area contributed by atoms with Crippen LogP contribution in [0, 0.1) is 0 Å². The molecule has 1 aromatic rings. The first kappa shape index (κ1) is 27.2. The first-order valence-corrected chi connectivity index (χ1v) is 11.3. The van der Waals surface area contributed by atoms with Crippen LogP contribution in [0.25, 0.3) is 0 Å². The summed E-state index contributed by atoms with van der Waals surface area (Å²) in [7, 11) is 0. The Labute approximate surface area is 204 Å². The summed E-state index contributed by atoms with van der Waals surface area (Å²) in [6, 6.07) is 7.72. The maximum Gasteiger partial charge on any atom is 0.253 e. The summed E-state index contributed by atoms with van der Waals surface area (Å²) in [5.74, 6) is 0.966. The molecular weight excluding hydrogens is 505 g/mol. The second-order valence-corrected chi connectivity index (χ2v) is 7.49. The summed E-state index contributed by atoms with van der Waals surface area (Å²) >= 11 is 0. The summed E-state index contributed by atoms with van der Waals surface area (Å²) in [6.45, 7) is 11.0. The molecule has 2 amide bonds. The highest BCUT2D eigenvalue weighted by Gasteiger charge is 2.17. The van der Waals surface area contributed by atoms with E-state index in [0.717, 1.165) is 56.7 Å². The van der Waals surface area contributed by atoms with Gasteiger partial charge in [0.15, 0.2) is 5.96 Å². The molecule has 8 heteroatoms. The van der Waals surface area contributed by atoms with Crippen molar-refractivity contribution in [3.63, 3.8) is 0 Å². The number of carbonyl (C=O) groups excluding carboxylic acids is 2. The molecule has 7 nitrogen and oxygen atoms in total. The molecule has 0 bridgehead atoms. The Kier molecular flexibility index (Phi) is 13.2. The van der Waals surface area contributed by atoms with Gasteiger partial charge in [0.1, 0.15) is 0 Å². The number of carbonyl (C=O) groups is 2. The maximum absolute atomic E-state index is 12.6. The highest BCUT2D eigenvalue weighted by atomic mass is 127. The number of benzene rings is 1. The quantitative estimate of drug-likeness (QED) is 0.285. The van der Waals surface area contributed by atoms with Crippen molar-refractivity contribution < 1.29 is 9.59 Å². The van der Waals surface area contributed by atoms with Gasteiger partial charge in [-0.25, -0.2) is 4.99 Å². The zero-order chi connectivity index (χ0) is 21.8. The summed E-state index contributed by atoms with van der Waals surface area (Å²) in [6.07, 6.45) is 3.85. The Balaban J connectivity index is 0.00000480. The Morgan fingerprint density at radius 3 is 2.23 bits per heavy atom. The van der Waals surface area contributed by atoms with Crippen molar-refractivity contribution in [1.82, 2.24) is 20.4 Å². The van der Waals surface area contributed by atoms with E-state index < -0.39 is 0 Å². The lowest BCUT2D eigenvalue weighted by Crippen LogP contribution is -2.40. The Morgan fingerprint density at radius 1 is 1.00 bits per heavy atom. The first-order valence-electron chi connectivity index (χ1n) is 11.3. The van der Waals surface area contributed by atoms with Gasteiger partial charge in [-0.2, -0.15) is 0 Å². The lowest BCUT2D eigenvalue weighted by Gasteiger charge is -2.26. The molecule has 0 radical (unpaired) electrons. The van der Waals surface area contributed by atoms with Gasteiger partial charge in [0, 0.05) is 51.3 Å². The monoisotopic (exact) mass is 543 g/mol. The van der Waals surface area contributed by atoms with E-state index >= 15 is 0 Å². The van der Waals surface area contributed by atoms with Gasteiger partial charge in [-0.3, -0.25) is 9.59 Å². The van der Waals surface area contributed by atoms with E-state index in [0.29, 0.717) is 25.5 Å². The van der Waals surface area contributed by atoms with Gasteiger partial charge in [-0.1, -0.05) is 12.1 Å². The van der Waals surface area contributed by atoms with Crippen LogP contribution in [-0.2, 0) is 11.3 Å². The van der Waals surface area contributed by atoms with Crippen LogP contribution >= 0.6 is 24.0 Å². The molecule has 1 aromatic carbocycles. The number of rotatable bonds is 9. The number of halogens is 1. The van der Waals surface area contributed by atoms with Crippen LogP contribution in [0.1, 0.15) is 62.4 Å². The Morgan fingerprint density at radius 2 is 1.65 bits per heavy atom. The van der Waals surface area contributed by atoms with Crippen molar-refractivity contribution in [3.05, 3.63) is 35.4 Å². The van der Waals surface area contributed by atoms with Gasteiger partial charge in [-0.05, 0) is 57.7 Å². The third kappa shape index (κ3) is 9.04. The third-order valence-corrected chi connectivity index (χ3v) is 5.36. The van der Waals surface area contributed by atoms with Crippen LogP contribution in [-0.4, -0.2) is 66.8 Å². The molecule has 1 heterocycles. The Hall–Kier alpha value is -1.84. The lowest BCUT2D eigenvalue weighted by molar-refractivity contribution is -0.130. The fourth-order valence-corrected chi connectivity index (χ4v) is 3.57. The average Bonchev–Trinajstić information content (AvgIpc) is 2.78. The standard InChI is InChI=1S/C23H37N5O2.HI/c1-4-24-23(25-15-14-21(29)27(5-2)6-3)26-18-19-10-12-20(13-11-19)22(30)28-16-8-7-9-17-28;/h10-13H,4-9,14-18H2,1-3H3,(H2,24,25,26);1H. The zero-order valence-electron chi connectivity index (χ0n) is 19.2. The van der Waals surface area contributed by atoms with E-state index in [9.17, 15) is 9.59 Å². The first-order chi connectivity index (χ1) is 14.6. The highest BCUT2D eigenvalue weighted by Crippen LogP contribution is 2.14. The van der Waals surface area contributed by atoms with Crippen molar-refractivity contribution in [2.45, 2.75) is 53.0 Å². The topological polar surface area (TPSA) is 77.0 Å². The number of hydrogen-bond donors (Lipinski definition) is 2. The van der Waals surface area contributed by atoms with Crippen molar-refractivity contribution >= 4 is 41.8 Å². The molecule has 0 saturated carbocycles. The van der Waals surface area contributed by atoms with Gasteiger partial charge in [0.25, 0.3) is 5.91 Å². The molecular formula is C23H38IN5O2. The maximum atomic E-state index is 12.6. The predicted molar refractivity (Wildman–Crippen MR) is 137 cm³/mol. The minimum absolute atomic E-state index is 0. The normalized spacial score (nSPS) is 13.9. The lowest BCUT2D eigenvalue weighted by atomic mass is 10.1. The number of nitrogens with one attached hydrogen (secondary N) is 2. The van der Waals surface area contributed by atoms with E-state index in [2.05, 4.69) is 15.6 Å². The molecule has 2 rings (SSSR count). The van der Waals surface area contributed by atoms with Gasteiger partial charge >= 0.3 is 0 Å².